The smallest absolute Gasteiger partial charge is 0.144 e. The summed E-state index contributed by atoms with van der Waals surface area (Å²) < 4.78 is 0. The minimum Gasteiger partial charge on any atom is -0.359 e. The molecule has 0 saturated carbocycles. The van der Waals surface area contributed by atoms with Crippen LogP contribution in [0.2, 0.25) is 0 Å². The summed E-state index contributed by atoms with van der Waals surface area (Å²) in [7, 11) is 6.25. The minimum absolute atomic E-state index is 0.716. The fraction of sp³-hybridized carbons (Fsp3) is 0.714. The molecule has 0 aromatic carbocycles. The molecule has 1 aromatic heterocycles. The lowest BCUT2D eigenvalue weighted by molar-refractivity contribution is 0.213. The van der Waals surface area contributed by atoms with E-state index in [1.165, 1.54) is 25.9 Å². The zero-order valence-electron chi connectivity index (χ0n) is 12.3. The summed E-state index contributed by atoms with van der Waals surface area (Å²) in [6, 6.07) is 1.99. The topological polar surface area (TPSA) is 44.3 Å². The highest BCUT2D eigenvalue weighted by Crippen LogP contribution is 2.18. The van der Waals surface area contributed by atoms with E-state index in [0.717, 1.165) is 24.1 Å². The van der Waals surface area contributed by atoms with Crippen molar-refractivity contribution in [2.45, 2.75) is 19.4 Å². The van der Waals surface area contributed by atoms with Crippen LogP contribution >= 0.6 is 0 Å². The van der Waals surface area contributed by atoms with Crippen molar-refractivity contribution in [3.63, 3.8) is 0 Å². The first-order chi connectivity index (χ1) is 9.19. The van der Waals surface area contributed by atoms with Crippen molar-refractivity contribution in [2.75, 3.05) is 45.7 Å². The number of hydrogen-bond acceptors (Lipinski definition) is 5. The molecule has 19 heavy (non-hydrogen) atoms. The Labute approximate surface area is 116 Å². The summed E-state index contributed by atoms with van der Waals surface area (Å²) >= 11 is 0. The number of anilines is 1. The molecule has 0 bridgehead atoms. The van der Waals surface area contributed by atoms with Crippen molar-refractivity contribution in [2.24, 2.45) is 5.92 Å². The van der Waals surface area contributed by atoms with Gasteiger partial charge in [0.25, 0.3) is 0 Å². The zero-order valence-corrected chi connectivity index (χ0v) is 12.3. The highest BCUT2D eigenvalue weighted by atomic mass is 15.2. The van der Waals surface area contributed by atoms with Gasteiger partial charge in [0, 0.05) is 26.3 Å². The molecule has 0 amide bonds. The molecule has 2 rings (SSSR count). The zero-order chi connectivity index (χ0) is 13.7. The van der Waals surface area contributed by atoms with Crippen LogP contribution in [0.15, 0.2) is 12.3 Å². The minimum atomic E-state index is 0.716. The van der Waals surface area contributed by atoms with Gasteiger partial charge in [-0.3, -0.25) is 0 Å². The average molecular weight is 263 g/mol. The second-order valence-electron chi connectivity index (χ2n) is 5.51. The van der Waals surface area contributed by atoms with E-state index < -0.39 is 0 Å². The van der Waals surface area contributed by atoms with Gasteiger partial charge in [-0.05, 0) is 45.5 Å². The van der Waals surface area contributed by atoms with Crippen LogP contribution < -0.4 is 10.2 Å². The Bertz CT molecular complexity index is 395. The molecule has 2 heterocycles. The van der Waals surface area contributed by atoms with E-state index >= 15 is 0 Å². The lowest BCUT2D eigenvalue weighted by atomic mass is 9.98. The molecule has 1 unspecified atom stereocenters. The molecule has 5 heteroatoms. The maximum Gasteiger partial charge on any atom is 0.144 e. The first-order valence-corrected chi connectivity index (χ1v) is 7.05. The largest absolute Gasteiger partial charge is 0.359 e. The van der Waals surface area contributed by atoms with Gasteiger partial charge in [0.1, 0.15) is 11.6 Å². The van der Waals surface area contributed by atoms with E-state index in [-0.39, 0.29) is 0 Å². The Morgan fingerprint density at radius 1 is 1.53 bits per heavy atom. The Morgan fingerprint density at radius 2 is 2.37 bits per heavy atom. The molecule has 1 N–H and O–H groups in total. The molecule has 1 aliphatic heterocycles. The van der Waals surface area contributed by atoms with Crippen molar-refractivity contribution < 1.29 is 0 Å². The number of piperidine rings is 1. The molecule has 0 radical (unpaired) electrons. The van der Waals surface area contributed by atoms with E-state index in [9.17, 15) is 0 Å². The Hall–Kier alpha value is -1.20. The van der Waals surface area contributed by atoms with Crippen molar-refractivity contribution in [1.29, 1.82) is 0 Å². The molecule has 1 fully saturated rings. The average Bonchev–Trinajstić information content (AvgIpc) is 2.39. The van der Waals surface area contributed by atoms with Crippen molar-refractivity contribution in [1.82, 2.24) is 20.2 Å². The highest BCUT2D eigenvalue weighted by molar-refractivity contribution is 5.36. The summed E-state index contributed by atoms with van der Waals surface area (Å²) in [5, 5.41) is 3.09. The molecule has 1 aliphatic rings. The summed E-state index contributed by atoms with van der Waals surface area (Å²) in [5.41, 5.74) is 0. The summed E-state index contributed by atoms with van der Waals surface area (Å²) in [4.78, 5) is 13.5. The first kappa shape index (κ1) is 14.2. The number of nitrogens with one attached hydrogen (secondary N) is 1. The molecule has 5 nitrogen and oxygen atoms in total. The lowest BCUT2D eigenvalue weighted by Crippen LogP contribution is -2.38. The Balaban J connectivity index is 1.94. The monoisotopic (exact) mass is 263 g/mol. The number of hydrogen-bond donors (Lipinski definition) is 1. The molecule has 1 atom stereocenters. The van der Waals surface area contributed by atoms with Gasteiger partial charge in [0.2, 0.25) is 0 Å². The Morgan fingerprint density at radius 3 is 3.11 bits per heavy atom. The second-order valence-corrected chi connectivity index (χ2v) is 5.51. The third-order valence-electron chi connectivity index (χ3n) is 3.67. The van der Waals surface area contributed by atoms with Crippen molar-refractivity contribution in [3.8, 4) is 0 Å². The Kier molecular flexibility index (Phi) is 5.10. The number of nitrogens with zero attached hydrogens (tertiary/aromatic N) is 4. The van der Waals surface area contributed by atoms with E-state index in [0.29, 0.717) is 6.54 Å². The van der Waals surface area contributed by atoms with E-state index in [1.807, 2.05) is 19.3 Å². The van der Waals surface area contributed by atoms with Crippen molar-refractivity contribution >= 4 is 5.82 Å². The molecule has 106 valence electrons. The summed E-state index contributed by atoms with van der Waals surface area (Å²) in [5.74, 6) is 2.62. The van der Waals surface area contributed by atoms with Gasteiger partial charge in [-0.1, -0.05) is 0 Å². The van der Waals surface area contributed by atoms with Crippen LogP contribution in [0, 0.1) is 5.92 Å². The van der Waals surface area contributed by atoms with Gasteiger partial charge >= 0.3 is 0 Å². The van der Waals surface area contributed by atoms with Crippen molar-refractivity contribution in [3.05, 3.63) is 18.1 Å². The fourth-order valence-electron chi connectivity index (χ4n) is 2.75. The molecule has 1 aromatic rings. The quantitative estimate of drug-likeness (QED) is 0.858. The summed E-state index contributed by atoms with van der Waals surface area (Å²) in [6.45, 7) is 4.22. The molecule has 0 spiro atoms. The van der Waals surface area contributed by atoms with Crippen LogP contribution in [-0.4, -0.2) is 55.6 Å². The van der Waals surface area contributed by atoms with Gasteiger partial charge in [0.15, 0.2) is 0 Å². The SMILES string of the molecule is CNCc1nccc(N(C)CC2CCCN(C)C2)n1. The van der Waals surface area contributed by atoms with Gasteiger partial charge in [-0.2, -0.15) is 0 Å². The highest BCUT2D eigenvalue weighted by Gasteiger charge is 2.19. The van der Waals surface area contributed by atoms with E-state index in [2.05, 4.69) is 39.2 Å². The van der Waals surface area contributed by atoms with Crippen LogP contribution in [0.4, 0.5) is 5.82 Å². The lowest BCUT2D eigenvalue weighted by Gasteiger charge is -2.32. The van der Waals surface area contributed by atoms with E-state index in [1.54, 1.807) is 0 Å². The predicted octanol–water partition coefficient (Wildman–Crippen LogP) is 0.974. The van der Waals surface area contributed by atoms with Gasteiger partial charge in [0.05, 0.1) is 6.54 Å². The summed E-state index contributed by atoms with van der Waals surface area (Å²) in [6.07, 6.45) is 4.48. The number of rotatable bonds is 5. The third kappa shape index (κ3) is 4.14. The molecule has 1 saturated heterocycles. The van der Waals surface area contributed by atoms with Gasteiger partial charge < -0.3 is 15.1 Å². The second kappa shape index (κ2) is 6.82. The number of likely N-dealkylation sites (tertiary alicyclic amines) is 1. The van der Waals surface area contributed by atoms with Gasteiger partial charge in [-0.25, -0.2) is 9.97 Å². The van der Waals surface area contributed by atoms with Crippen LogP contribution in [0.25, 0.3) is 0 Å². The molecule has 0 aliphatic carbocycles. The maximum absolute atomic E-state index is 4.59. The number of aromatic nitrogens is 2. The van der Waals surface area contributed by atoms with Crippen LogP contribution in [0.3, 0.4) is 0 Å². The maximum atomic E-state index is 4.59. The normalized spacial score (nSPS) is 20.5. The molecular formula is C14H25N5. The predicted molar refractivity (Wildman–Crippen MR) is 78.3 cm³/mol. The van der Waals surface area contributed by atoms with Gasteiger partial charge in [-0.15, -0.1) is 0 Å². The fourth-order valence-corrected chi connectivity index (χ4v) is 2.75. The van der Waals surface area contributed by atoms with Crippen LogP contribution in [0.1, 0.15) is 18.7 Å². The standard InChI is InChI=1S/C14H25N5/c1-15-9-13-16-7-6-14(17-13)19(3)11-12-5-4-8-18(2)10-12/h6-7,12,15H,4-5,8-11H2,1-3H3. The van der Waals surface area contributed by atoms with Crippen LogP contribution in [0.5, 0.6) is 0 Å². The first-order valence-electron chi connectivity index (χ1n) is 7.05. The third-order valence-corrected chi connectivity index (χ3v) is 3.67. The van der Waals surface area contributed by atoms with Crippen LogP contribution in [-0.2, 0) is 6.54 Å². The molecular weight excluding hydrogens is 238 g/mol. The van der Waals surface area contributed by atoms with E-state index in [4.69, 9.17) is 0 Å².